The zero-order valence-electron chi connectivity index (χ0n) is 20.3. The molecule has 0 atom stereocenters. The van der Waals surface area contributed by atoms with Crippen molar-refractivity contribution in [3.8, 4) is 0 Å². The summed E-state index contributed by atoms with van der Waals surface area (Å²) in [7, 11) is 0. The number of aryl methyl sites for hydroxylation is 1. The van der Waals surface area contributed by atoms with Crippen molar-refractivity contribution >= 4 is 51.3 Å². The Kier molecular flexibility index (Phi) is 9.39. The molecule has 0 spiro atoms. The maximum atomic E-state index is 12.6. The van der Waals surface area contributed by atoms with Gasteiger partial charge in [-0.25, -0.2) is 9.97 Å². The Hall–Kier alpha value is -3.74. The Bertz CT molecular complexity index is 1170. The van der Waals surface area contributed by atoms with Crippen molar-refractivity contribution in [2.75, 3.05) is 31.1 Å². The minimum atomic E-state index is -0.992. The van der Waals surface area contributed by atoms with E-state index in [1.165, 1.54) is 5.56 Å². The number of halogens is 1. The molecule has 12 nitrogen and oxygen atoms in total. The lowest BCUT2D eigenvalue weighted by molar-refractivity contribution is -0.141. The van der Waals surface area contributed by atoms with Gasteiger partial charge in [0.05, 0.1) is 6.42 Å². The van der Waals surface area contributed by atoms with Gasteiger partial charge >= 0.3 is 5.97 Å². The molecule has 3 rings (SSSR count). The molecule has 2 aromatic rings. The van der Waals surface area contributed by atoms with Crippen LogP contribution in [0, 0.1) is 5.41 Å². The number of carboxylic acids is 1. The van der Waals surface area contributed by atoms with Gasteiger partial charge in [0.25, 0.3) is 5.91 Å². The number of hydrogen-bond donors (Lipinski definition) is 5. The second-order valence-electron chi connectivity index (χ2n) is 9.05. The molecule has 2 heterocycles. The lowest BCUT2D eigenvalue weighted by atomic mass is 9.74. The highest BCUT2D eigenvalue weighted by Crippen LogP contribution is 2.37. The summed E-state index contributed by atoms with van der Waals surface area (Å²) >= 11 is 3.12. The normalized spacial score (nSPS) is 15.3. The summed E-state index contributed by atoms with van der Waals surface area (Å²) in [5.41, 5.74) is 18.2. The van der Waals surface area contributed by atoms with E-state index in [9.17, 15) is 14.4 Å². The lowest BCUT2D eigenvalue weighted by Gasteiger charge is -2.41. The van der Waals surface area contributed by atoms with Crippen LogP contribution in [0.5, 0.6) is 0 Å². The van der Waals surface area contributed by atoms with E-state index in [-0.39, 0.29) is 52.1 Å². The highest BCUT2D eigenvalue weighted by Gasteiger charge is 2.35. The van der Waals surface area contributed by atoms with Gasteiger partial charge in [-0.15, -0.1) is 0 Å². The molecule has 1 saturated heterocycles. The fraction of sp³-hybridized carbons (Fsp3) is 0.417. The van der Waals surface area contributed by atoms with Gasteiger partial charge in [0.1, 0.15) is 4.60 Å². The first-order valence-electron chi connectivity index (χ1n) is 11.8. The van der Waals surface area contributed by atoms with Gasteiger partial charge in [-0.2, -0.15) is 0 Å². The van der Waals surface area contributed by atoms with Gasteiger partial charge in [0.2, 0.25) is 5.91 Å². The van der Waals surface area contributed by atoms with Crippen LogP contribution < -0.4 is 22.5 Å². The van der Waals surface area contributed by atoms with Crippen molar-refractivity contribution in [2.45, 2.75) is 38.5 Å². The second-order valence-corrected chi connectivity index (χ2v) is 9.80. The van der Waals surface area contributed by atoms with E-state index in [1.54, 1.807) is 4.90 Å². The first-order valence-corrected chi connectivity index (χ1v) is 12.6. The number of nitrogens with two attached hydrogens (primary N) is 3. The molecule has 1 aromatic heterocycles. The molecular weight excluding hydrogens is 544 g/mol. The highest BCUT2D eigenvalue weighted by molar-refractivity contribution is 9.10. The number of nitrogens with one attached hydrogen (secondary N) is 1. The second kappa shape index (κ2) is 12.5. The molecule has 37 heavy (non-hydrogen) atoms. The number of aliphatic carboxylic acids is 1. The molecule has 13 heteroatoms. The monoisotopic (exact) mass is 574 g/mol. The number of carbonyl (C=O) groups excluding carboxylic acids is 2. The topological polar surface area (TPSA) is 203 Å². The van der Waals surface area contributed by atoms with Crippen molar-refractivity contribution in [1.29, 1.82) is 0 Å². The molecule has 1 aliphatic heterocycles. The Morgan fingerprint density at radius 3 is 2.41 bits per heavy atom. The Labute approximate surface area is 222 Å². The maximum Gasteiger partial charge on any atom is 0.303 e. The number of piperidine rings is 1. The number of guanidine groups is 1. The quantitative estimate of drug-likeness (QED) is 0.217. The number of benzene rings is 1. The van der Waals surface area contributed by atoms with E-state index in [2.05, 4.69) is 48.3 Å². The molecule has 1 aliphatic rings. The molecule has 1 fully saturated rings. The van der Waals surface area contributed by atoms with Crippen LogP contribution >= 0.6 is 15.9 Å². The zero-order chi connectivity index (χ0) is 27.0. The number of likely N-dealkylation sites (tertiary alicyclic amines) is 1. The van der Waals surface area contributed by atoms with Crippen molar-refractivity contribution in [1.82, 2.24) is 20.2 Å². The molecule has 198 valence electrons. The van der Waals surface area contributed by atoms with Gasteiger partial charge in [-0.05, 0) is 52.6 Å². The number of anilines is 2. The smallest absolute Gasteiger partial charge is 0.303 e. The number of aliphatic imine (C=N–C) groups is 1. The van der Waals surface area contributed by atoms with Crippen molar-refractivity contribution < 1.29 is 19.5 Å². The van der Waals surface area contributed by atoms with E-state index in [1.807, 2.05) is 18.2 Å². The number of carbonyl (C=O) groups is 3. The van der Waals surface area contributed by atoms with Gasteiger partial charge in [0.15, 0.2) is 23.3 Å². The average Bonchev–Trinajstić information content (AvgIpc) is 2.88. The minimum absolute atomic E-state index is 0.0171. The summed E-state index contributed by atoms with van der Waals surface area (Å²) in [6, 6.07) is 10.1. The van der Waals surface area contributed by atoms with Crippen LogP contribution in [0.15, 0.2) is 39.9 Å². The molecular formula is C24H31BrN8O4. The third-order valence-electron chi connectivity index (χ3n) is 6.46. The standard InChI is InChI=1S/C24H31BrN8O4/c25-19-21(27)31-20(26)18(30-19)22(37)32-23(28)29-14-24(9-8-15-4-2-1-3-5-15)10-12-33(13-11-24)16(34)6-7-17(35)36/h1-5H,6-14H2,(H,35,36)(H4,26,27,31)(H3,28,29,32,37). The van der Waals surface area contributed by atoms with Gasteiger partial charge in [-0.3, -0.25) is 24.7 Å². The lowest BCUT2D eigenvalue weighted by Crippen LogP contribution is -2.45. The molecule has 2 amide bonds. The van der Waals surface area contributed by atoms with E-state index < -0.39 is 11.9 Å². The summed E-state index contributed by atoms with van der Waals surface area (Å²) < 4.78 is 0.187. The van der Waals surface area contributed by atoms with Crippen molar-refractivity contribution in [2.24, 2.45) is 16.1 Å². The van der Waals surface area contributed by atoms with Crippen LogP contribution in [0.3, 0.4) is 0 Å². The third kappa shape index (κ3) is 7.87. The number of rotatable bonds is 9. The molecule has 1 aromatic carbocycles. The first-order chi connectivity index (χ1) is 17.6. The molecule has 0 bridgehead atoms. The fourth-order valence-corrected chi connectivity index (χ4v) is 4.49. The zero-order valence-corrected chi connectivity index (χ0v) is 21.9. The summed E-state index contributed by atoms with van der Waals surface area (Å²) in [5, 5.41) is 11.4. The van der Waals surface area contributed by atoms with Crippen LogP contribution in [0.25, 0.3) is 0 Å². The van der Waals surface area contributed by atoms with Crippen molar-refractivity contribution in [3.05, 3.63) is 46.2 Å². The largest absolute Gasteiger partial charge is 0.481 e. The van der Waals surface area contributed by atoms with E-state index in [0.29, 0.717) is 32.5 Å². The van der Waals surface area contributed by atoms with Gasteiger partial charge in [-0.1, -0.05) is 30.3 Å². The van der Waals surface area contributed by atoms with Gasteiger partial charge in [0, 0.05) is 26.1 Å². The van der Waals surface area contributed by atoms with Gasteiger partial charge < -0.3 is 27.2 Å². The first kappa shape index (κ1) is 27.8. The molecule has 0 aliphatic carbocycles. The van der Waals surface area contributed by atoms with E-state index >= 15 is 0 Å². The number of aromatic nitrogens is 2. The number of hydrogen-bond acceptors (Lipinski definition) is 8. The number of nitrogen functional groups attached to an aromatic ring is 2. The summed E-state index contributed by atoms with van der Waals surface area (Å²) in [4.78, 5) is 49.9. The Morgan fingerprint density at radius 2 is 1.76 bits per heavy atom. The predicted molar refractivity (Wildman–Crippen MR) is 142 cm³/mol. The Balaban J connectivity index is 1.69. The van der Waals surface area contributed by atoms with Crippen LogP contribution in [-0.4, -0.2) is 63.4 Å². The molecule has 0 radical (unpaired) electrons. The summed E-state index contributed by atoms with van der Waals surface area (Å²) in [6.07, 6.45) is 2.77. The maximum absolute atomic E-state index is 12.6. The van der Waals surface area contributed by atoms with Crippen LogP contribution in [0.2, 0.25) is 0 Å². The predicted octanol–water partition coefficient (Wildman–Crippen LogP) is 1.55. The third-order valence-corrected chi connectivity index (χ3v) is 7.05. The van der Waals surface area contributed by atoms with Crippen LogP contribution in [-0.2, 0) is 16.0 Å². The van der Waals surface area contributed by atoms with E-state index in [4.69, 9.17) is 22.3 Å². The summed E-state index contributed by atoms with van der Waals surface area (Å²) in [5.74, 6) is -1.98. The van der Waals surface area contributed by atoms with Crippen molar-refractivity contribution in [3.63, 3.8) is 0 Å². The number of carboxylic acid groups (broad SMARTS) is 1. The van der Waals surface area contributed by atoms with Crippen LogP contribution in [0.1, 0.15) is 48.2 Å². The highest BCUT2D eigenvalue weighted by atomic mass is 79.9. The fourth-order valence-electron chi connectivity index (χ4n) is 4.22. The van der Waals surface area contributed by atoms with Crippen LogP contribution in [0.4, 0.5) is 11.6 Å². The molecule has 0 saturated carbocycles. The number of amides is 2. The molecule has 0 unspecified atom stereocenters. The number of nitrogens with zero attached hydrogens (tertiary/aromatic N) is 4. The molecule has 8 N–H and O–H groups in total. The Morgan fingerprint density at radius 1 is 1.08 bits per heavy atom. The average molecular weight is 575 g/mol. The van der Waals surface area contributed by atoms with E-state index in [0.717, 1.165) is 12.8 Å². The SMILES string of the molecule is NC(=NCC1(CCc2ccccc2)CCN(C(=O)CCC(=O)O)CC1)NC(=O)c1nc(Br)c(N)nc1N. The summed E-state index contributed by atoms with van der Waals surface area (Å²) in [6.45, 7) is 1.34. The minimum Gasteiger partial charge on any atom is -0.481 e.